The lowest BCUT2D eigenvalue weighted by Crippen LogP contribution is -2.07. The highest BCUT2D eigenvalue weighted by Gasteiger charge is 2.33. The normalized spacial score (nSPS) is 12.2. The summed E-state index contributed by atoms with van der Waals surface area (Å²) in [5.41, 5.74) is 6.84. The quantitative estimate of drug-likeness (QED) is 0.426. The number of nitrogens with zero attached hydrogens (tertiary/aromatic N) is 2. The fourth-order valence-corrected chi connectivity index (χ4v) is 4.12. The molecule has 0 atom stereocenters. The maximum absolute atomic E-state index is 13.5. The molecular weight excluding hydrogens is 455 g/mol. The number of fused-ring (bicyclic) bond motifs is 1. The van der Waals surface area contributed by atoms with Gasteiger partial charge in [0.2, 0.25) is 5.88 Å². The Balaban J connectivity index is 1.81. The summed E-state index contributed by atoms with van der Waals surface area (Å²) >= 11 is 0. The molecular formula is C23H18F3N3O3S. The standard InChI is InChI=1S/C23H18F3N3O3S/c1-13-12-28-22-17(7-4-8-18(22)23(24,25)26)21(13)14-5-3-6-16(9-14)32-19-10-15(27)11-20(29-19)33(2,30)31/h3-12H,1-2H3,(H2,27,29). The van der Waals surface area contributed by atoms with Crippen LogP contribution in [0.4, 0.5) is 18.9 Å². The number of alkyl halides is 3. The van der Waals surface area contributed by atoms with Gasteiger partial charge < -0.3 is 10.5 Å². The number of para-hydroxylation sites is 1. The van der Waals surface area contributed by atoms with Gasteiger partial charge in [-0.1, -0.05) is 24.3 Å². The number of hydrogen-bond acceptors (Lipinski definition) is 6. The van der Waals surface area contributed by atoms with Crippen LogP contribution in [-0.4, -0.2) is 24.6 Å². The zero-order chi connectivity index (χ0) is 24.0. The summed E-state index contributed by atoms with van der Waals surface area (Å²) in [7, 11) is -3.61. The number of halogens is 3. The van der Waals surface area contributed by atoms with Crippen LogP contribution >= 0.6 is 0 Å². The Labute approximate surface area is 187 Å². The van der Waals surface area contributed by atoms with E-state index in [9.17, 15) is 21.6 Å². The number of sulfone groups is 1. The molecule has 2 aromatic heterocycles. The van der Waals surface area contributed by atoms with Crippen LogP contribution < -0.4 is 10.5 Å². The van der Waals surface area contributed by atoms with Gasteiger partial charge in [-0.05, 0) is 47.9 Å². The van der Waals surface area contributed by atoms with Crippen molar-refractivity contribution in [3.05, 3.63) is 71.9 Å². The molecule has 4 rings (SSSR count). The van der Waals surface area contributed by atoms with E-state index in [1.165, 1.54) is 24.4 Å². The fraction of sp³-hybridized carbons (Fsp3) is 0.130. The van der Waals surface area contributed by atoms with Gasteiger partial charge in [-0.2, -0.15) is 13.2 Å². The molecule has 0 aliphatic heterocycles. The highest BCUT2D eigenvalue weighted by atomic mass is 32.2. The lowest BCUT2D eigenvalue weighted by molar-refractivity contribution is -0.136. The molecule has 0 bridgehead atoms. The van der Waals surface area contributed by atoms with Gasteiger partial charge in [0.1, 0.15) is 5.75 Å². The number of pyridine rings is 2. The topological polar surface area (TPSA) is 95.2 Å². The average molecular weight is 473 g/mol. The van der Waals surface area contributed by atoms with E-state index in [-0.39, 0.29) is 22.1 Å². The molecule has 0 amide bonds. The summed E-state index contributed by atoms with van der Waals surface area (Å²) in [5.74, 6) is 0.282. The lowest BCUT2D eigenvalue weighted by Gasteiger charge is -2.15. The highest BCUT2D eigenvalue weighted by molar-refractivity contribution is 7.90. The van der Waals surface area contributed by atoms with Gasteiger partial charge >= 0.3 is 6.18 Å². The third-order valence-electron chi connectivity index (χ3n) is 4.92. The minimum atomic E-state index is -4.54. The van der Waals surface area contributed by atoms with Gasteiger partial charge in [0.25, 0.3) is 0 Å². The zero-order valence-corrected chi connectivity index (χ0v) is 18.3. The minimum absolute atomic E-state index is 0.0248. The average Bonchev–Trinajstić information content (AvgIpc) is 2.71. The molecule has 0 aliphatic carbocycles. The fourth-order valence-electron chi connectivity index (χ4n) is 3.51. The Kier molecular flexibility index (Phi) is 5.49. The largest absolute Gasteiger partial charge is 0.439 e. The summed E-state index contributed by atoms with van der Waals surface area (Å²) in [4.78, 5) is 8.02. The molecule has 4 aromatic rings. The molecule has 2 heterocycles. The second-order valence-electron chi connectivity index (χ2n) is 7.49. The van der Waals surface area contributed by atoms with E-state index in [0.29, 0.717) is 27.8 Å². The molecule has 0 unspecified atom stereocenters. The third kappa shape index (κ3) is 4.61. The van der Waals surface area contributed by atoms with E-state index >= 15 is 0 Å². The summed E-state index contributed by atoms with van der Waals surface area (Å²) in [6.45, 7) is 1.76. The van der Waals surface area contributed by atoms with E-state index in [0.717, 1.165) is 12.3 Å². The number of nitrogen functional groups attached to an aromatic ring is 1. The number of nitrogens with two attached hydrogens (primary N) is 1. The second-order valence-corrected chi connectivity index (χ2v) is 9.46. The Morgan fingerprint density at radius 1 is 1.03 bits per heavy atom. The van der Waals surface area contributed by atoms with Crippen molar-refractivity contribution in [1.29, 1.82) is 0 Å². The molecule has 0 spiro atoms. The summed E-state index contributed by atoms with van der Waals surface area (Å²) in [6.07, 6.45) is -2.13. The van der Waals surface area contributed by atoms with Crippen LogP contribution in [-0.2, 0) is 16.0 Å². The number of hydrogen-bond donors (Lipinski definition) is 1. The van der Waals surface area contributed by atoms with Crippen LogP contribution in [0.25, 0.3) is 22.0 Å². The molecule has 0 radical (unpaired) electrons. The number of benzene rings is 2. The first-order valence-electron chi connectivity index (χ1n) is 9.65. The molecule has 0 aliphatic rings. The van der Waals surface area contributed by atoms with Crippen LogP contribution in [0.15, 0.2) is 65.8 Å². The van der Waals surface area contributed by atoms with Crippen LogP contribution in [0.1, 0.15) is 11.1 Å². The van der Waals surface area contributed by atoms with E-state index in [1.54, 1.807) is 37.3 Å². The van der Waals surface area contributed by atoms with Gasteiger partial charge in [0.05, 0.1) is 11.1 Å². The minimum Gasteiger partial charge on any atom is -0.439 e. The van der Waals surface area contributed by atoms with Crippen LogP contribution in [0.3, 0.4) is 0 Å². The predicted molar refractivity (Wildman–Crippen MR) is 119 cm³/mol. The maximum atomic E-state index is 13.5. The molecule has 6 nitrogen and oxygen atoms in total. The van der Waals surface area contributed by atoms with Gasteiger partial charge in [0.15, 0.2) is 14.9 Å². The number of aryl methyl sites for hydroxylation is 1. The van der Waals surface area contributed by atoms with Crippen molar-refractivity contribution in [3.63, 3.8) is 0 Å². The van der Waals surface area contributed by atoms with E-state index < -0.39 is 21.6 Å². The Morgan fingerprint density at radius 2 is 1.76 bits per heavy atom. The number of aromatic nitrogens is 2. The first-order valence-corrected chi connectivity index (χ1v) is 11.5. The van der Waals surface area contributed by atoms with Crippen molar-refractivity contribution in [2.45, 2.75) is 18.1 Å². The number of rotatable bonds is 4. The van der Waals surface area contributed by atoms with Gasteiger partial charge in [-0.3, -0.25) is 4.98 Å². The summed E-state index contributed by atoms with van der Waals surface area (Å²) in [5, 5.41) is 0.118. The van der Waals surface area contributed by atoms with Crippen molar-refractivity contribution >= 4 is 26.4 Å². The third-order valence-corrected chi connectivity index (χ3v) is 5.89. The van der Waals surface area contributed by atoms with E-state index in [2.05, 4.69) is 9.97 Å². The summed E-state index contributed by atoms with van der Waals surface area (Å²) in [6, 6.07) is 13.2. The summed E-state index contributed by atoms with van der Waals surface area (Å²) < 4.78 is 69.9. The SMILES string of the molecule is Cc1cnc2c(C(F)(F)F)cccc2c1-c1cccc(Oc2cc(N)cc(S(C)(=O)=O)n2)c1. The Bertz CT molecular complexity index is 1490. The zero-order valence-electron chi connectivity index (χ0n) is 17.5. The van der Waals surface area contributed by atoms with Crippen LogP contribution in [0.2, 0.25) is 0 Å². The Morgan fingerprint density at radius 3 is 2.45 bits per heavy atom. The monoisotopic (exact) mass is 473 g/mol. The van der Waals surface area contributed by atoms with Crippen molar-refractivity contribution in [3.8, 4) is 22.8 Å². The molecule has 0 saturated carbocycles. The van der Waals surface area contributed by atoms with Gasteiger partial charge in [-0.25, -0.2) is 13.4 Å². The van der Waals surface area contributed by atoms with Gasteiger partial charge in [0, 0.05) is 29.6 Å². The molecule has 170 valence electrons. The van der Waals surface area contributed by atoms with Gasteiger partial charge in [-0.15, -0.1) is 0 Å². The molecule has 2 N–H and O–H groups in total. The molecule has 2 aromatic carbocycles. The Hall–Kier alpha value is -3.66. The number of anilines is 1. The van der Waals surface area contributed by atoms with Crippen LogP contribution in [0, 0.1) is 6.92 Å². The van der Waals surface area contributed by atoms with E-state index in [4.69, 9.17) is 10.5 Å². The van der Waals surface area contributed by atoms with Crippen molar-refractivity contribution in [2.75, 3.05) is 12.0 Å². The molecule has 0 saturated heterocycles. The van der Waals surface area contributed by atoms with E-state index in [1.807, 2.05) is 0 Å². The highest BCUT2D eigenvalue weighted by Crippen LogP contribution is 2.39. The smallest absolute Gasteiger partial charge is 0.418 e. The van der Waals surface area contributed by atoms with Crippen molar-refractivity contribution < 1.29 is 26.3 Å². The molecule has 0 fully saturated rings. The maximum Gasteiger partial charge on any atom is 0.418 e. The predicted octanol–water partition coefficient (Wildman–Crippen LogP) is 5.40. The molecule has 33 heavy (non-hydrogen) atoms. The second kappa shape index (κ2) is 8.04. The van der Waals surface area contributed by atoms with Crippen molar-refractivity contribution in [1.82, 2.24) is 9.97 Å². The number of ether oxygens (including phenoxy) is 1. The first kappa shape index (κ1) is 22.5. The molecule has 10 heteroatoms. The van der Waals surface area contributed by atoms with Crippen molar-refractivity contribution in [2.24, 2.45) is 0 Å². The van der Waals surface area contributed by atoms with Crippen LogP contribution in [0.5, 0.6) is 11.6 Å². The first-order chi connectivity index (χ1) is 15.4. The lowest BCUT2D eigenvalue weighted by atomic mass is 9.95.